The second-order valence-corrected chi connectivity index (χ2v) is 10.9. The van der Waals surface area contributed by atoms with Crippen LogP contribution in [0, 0.1) is 25.2 Å². The van der Waals surface area contributed by atoms with Gasteiger partial charge in [-0.25, -0.2) is 4.98 Å². The fraction of sp³-hybridized carbons (Fsp3) is 0.333. The van der Waals surface area contributed by atoms with Gasteiger partial charge < -0.3 is 14.7 Å². The molecule has 2 aromatic heterocycles. The normalized spacial score (nSPS) is 18.7. The second kappa shape index (κ2) is 8.30. The van der Waals surface area contributed by atoms with Gasteiger partial charge in [-0.05, 0) is 56.7 Å². The van der Waals surface area contributed by atoms with Crippen LogP contribution in [-0.4, -0.2) is 39.9 Å². The number of hydrogen-bond donors (Lipinski definition) is 1. The van der Waals surface area contributed by atoms with Crippen LogP contribution < -0.4 is 5.32 Å². The van der Waals surface area contributed by atoms with E-state index in [4.69, 9.17) is 4.52 Å². The number of nitrogens with zero attached hydrogens (tertiary/aromatic N) is 3. The summed E-state index contributed by atoms with van der Waals surface area (Å²) in [4.78, 5) is 32.8. The van der Waals surface area contributed by atoms with E-state index in [0.29, 0.717) is 30.1 Å². The molecule has 2 aromatic carbocycles. The molecular weight excluding hydrogens is 460 g/mol. The number of anilines is 1. The SMILES string of the molecule is Cc1nc2cc(NC(=O)[C@H]3CC34CCN(C(=O)c3c(-c5ccccc5)noc3C)CC4)ccc2s1. The topological polar surface area (TPSA) is 88.3 Å². The summed E-state index contributed by atoms with van der Waals surface area (Å²) >= 11 is 1.65. The Balaban J connectivity index is 1.11. The summed E-state index contributed by atoms with van der Waals surface area (Å²) < 4.78 is 6.52. The Labute approximate surface area is 207 Å². The summed E-state index contributed by atoms with van der Waals surface area (Å²) in [7, 11) is 0. The number of thiazole rings is 1. The summed E-state index contributed by atoms with van der Waals surface area (Å²) in [6.45, 7) is 5.03. The lowest BCUT2D eigenvalue weighted by Gasteiger charge is -2.33. The van der Waals surface area contributed by atoms with Gasteiger partial charge in [0.1, 0.15) is 17.0 Å². The number of piperidine rings is 1. The molecule has 6 rings (SSSR count). The highest BCUT2D eigenvalue weighted by molar-refractivity contribution is 7.18. The highest BCUT2D eigenvalue weighted by Gasteiger charge is 2.58. The van der Waals surface area contributed by atoms with E-state index in [0.717, 1.165) is 45.7 Å². The highest BCUT2D eigenvalue weighted by Crippen LogP contribution is 2.59. The van der Waals surface area contributed by atoms with E-state index in [1.807, 2.05) is 60.4 Å². The third-order valence-electron chi connectivity index (χ3n) is 7.44. The van der Waals surface area contributed by atoms with Gasteiger partial charge in [0, 0.05) is 30.3 Å². The molecule has 1 saturated heterocycles. The van der Waals surface area contributed by atoms with Crippen LogP contribution in [0.3, 0.4) is 0 Å². The van der Waals surface area contributed by atoms with E-state index >= 15 is 0 Å². The number of fused-ring (bicyclic) bond motifs is 1. The lowest BCUT2D eigenvalue weighted by atomic mass is 9.90. The monoisotopic (exact) mass is 486 g/mol. The molecule has 3 heterocycles. The van der Waals surface area contributed by atoms with Crippen molar-refractivity contribution in [2.24, 2.45) is 11.3 Å². The molecular formula is C27H26N4O3S. The lowest BCUT2D eigenvalue weighted by molar-refractivity contribution is -0.118. The van der Waals surface area contributed by atoms with E-state index < -0.39 is 0 Å². The van der Waals surface area contributed by atoms with Crippen molar-refractivity contribution >= 4 is 39.1 Å². The van der Waals surface area contributed by atoms with Gasteiger partial charge in [-0.15, -0.1) is 11.3 Å². The highest BCUT2D eigenvalue weighted by atomic mass is 32.1. The first-order valence-electron chi connectivity index (χ1n) is 11.9. The minimum atomic E-state index is -0.0500. The van der Waals surface area contributed by atoms with Crippen LogP contribution in [0.5, 0.6) is 0 Å². The molecule has 0 bridgehead atoms. The first kappa shape index (κ1) is 22.0. The minimum absolute atomic E-state index is 0.00582. The van der Waals surface area contributed by atoms with Crippen molar-refractivity contribution in [3.63, 3.8) is 0 Å². The van der Waals surface area contributed by atoms with Gasteiger partial charge >= 0.3 is 0 Å². The van der Waals surface area contributed by atoms with Crippen LogP contribution in [0.1, 0.15) is 40.4 Å². The summed E-state index contributed by atoms with van der Waals surface area (Å²) in [6.07, 6.45) is 2.53. The molecule has 4 aromatic rings. The first-order valence-corrected chi connectivity index (χ1v) is 12.7. The molecule has 2 fully saturated rings. The predicted octanol–water partition coefficient (Wildman–Crippen LogP) is 5.45. The number of hydrogen-bond acceptors (Lipinski definition) is 6. The van der Waals surface area contributed by atoms with Gasteiger partial charge in [-0.1, -0.05) is 35.5 Å². The number of likely N-dealkylation sites (tertiary alicyclic amines) is 1. The zero-order valence-corrected chi connectivity index (χ0v) is 20.5. The zero-order chi connectivity index (χ0) is 24.2. The number of nitrogens with one attached hydrogen (secondary N) is 1. The number of aryl methyl sites for hydroxylation is 2. The summed E-state index contributed by atoms with van der Waals surface area (Å²) in [5.41, 5.74) is 3.69. The van der Waals surface area contributed by atoms with Crippen molar-refractivity contribution in [2.75, 3.05) is 18.4 Å². The largest absolute Gasteiger partial charge is 0.360 e. The van der Waals surface area contributed by atoms with Gasteiger partial charge in [-0.2, -0.15) is 0 Å². The minimum Gasteiger partial charge on any atom is -0.360 e. The first-order chi connectivity index (χ1) is 16.9. The standard InChI is InChI=1S/C27H26N4O3S/c1-16-23(24(30-34-16)18-6-4-3-5-7-18)26(33)31-12-10-27(11-13-31)15-20(27)25(32)29-19-8-9-22-21(14-19)28-17(2)35-22/h3-9,14,20H,10-13,15H2,1-2H3,(H,29,32)/t20-/m1/s1. The molecule has 1 N–H and O–H groups in total. The third-order valence-corrected chi connectivity index (χ3v) is 8.39. The van der Waals surface area contributed by atoms with Crippen molar-refractivity contribution in [3.05, 3.63) is 64.9 Å². The van der Waals surface area contributed by atoms with Crippen molar-refractivity contribution in [1.82, 2.24) is 15.0 Å². The molecule has 0 unspecified atom stereocenters. The molecule has 7 nitrogen and oxygen atoms in total. The maximum atomic E-state index is 13.4. The molecule has 2 amide bonds. The molecule has 2 aliphatic rings. The second-order valence-electron chi connectivity index (χ2n) is 9.64. The molecule has 1 spiro atoms. The van der Waals surface area contributed by atoms with Crippen LogP contribution in [0.2, 0.25) is 0 Å². The van der Waals surface area contributed by atoms with Crippen LogP contribution in [-0.2, 0) is 4.79 Å². The number of rotatable bonds is 4. The lowest BCUT2D eigenvalue weighted by Crippen LogP contribution is -2.40. The van der Waals surface area contributed by atoms with Gasteiger partial charge in [0.2, 0.25) is 5.91 Å². The average Bonchev–Trinajstić information content (AvgIpc) is 3.21. The van der Waals surface area contributed by atoms with Crippen LogP contribution in [0.4, 0.5) is 5.69 Å². The van der Waals surface area contributed by atoms with Crippen molar-refractivity contribution in [3.8, 4) is 11.3 Å². The van der Waals surface area contributed by atoms with E-state index in [2.05, 4.69) is 15.5 Å². The fourth-order valence-electron chi connectivity index (χ4n) is 5.35. The van der Waals surface area contributed by atoms with E-state index in [9.17, 15) is 9.59 Å². The van der Waals surface area contributed by atoms with E-state index in [1.165, 1.54) is 0 Å². The third kappa shape index (κ3) is 3.91. The molecule has 1 atom stereocenters. The van der Waals surface area contributed by atoms with Gasteiger partial charge in [0.05, 0.1) is 15.2 Å². The Bertz CT molecular complexity index is 1430. The number of carbonyl (C=O) groups excluding carboxylic acids is 2. The Morgan fingerprint density at radius 3 is 2.66 bits per heavy atom. The summed E-state index contributed by atoms with van der Waals surface area (Å²) in [5, 5.41) is 8.27. The van der Waals surface area contributed by atoms with Crippen LogP contribution in [0.25, 0.3) is 21.5 Å². The zero-order valence-electron chi connectivity index (χ0n) is 19.7. The van der Waals surface area contributed by atoms with E-state index in [1.54, 1.807) is 18.3 Å². The maximum Gasteiger partial charge on any atom is 0.259 e. The Morgan fingerprint density at radius 1 is 1.11 bits per heavy atom. The number of aromatic nitrogens is 2. The molecule has 0 radical (unpaired) electrons. The summed E-state index contributed by atoms with van der Waals surface area (Å²) in [6, 6.07) is 15.5. The number of carbonyl (C=O) groups is 2. The quantitative estimate of drug-likeness (QED) is 0.414. The maximum absolute atomic E-state index is 13.4. The molecule has 35 heavy (non-hydrogen) atoms. The Hall–Kier alpha value is -3.52. The average molecular weight is 487 g/mol. The van der Waals surface area contributed by atoms with Crippen molar-refractivity contribution in [2.45, 2.75) is 33.1 Å². The van der Waals surface area contributed by atoms with Crippen molar-refractivity contribution < 1.29 is 14.1 Å². The van der Waals surface area contributed by atoms with Gasteiger partial charge in [0.15, 0.2) is 0 Å². The Morgan fingerprint density at radius 2 is 1.89 bits per heavy atom. The molecule has 8 heteroatoms. The van der Waals surface area contributed by atoms with Crippen LogP contribution in [0.15, 0.2) is 53.1 Å². The smallest absolute Gasteiger partial charge is 0.259 e. The van der Waals surface area contributed by atoms with E-state index in [-0.39, 0.29) is 23.1 Å². The van der Waals surface area contributed by atoms with Gasteiger partial charge in [-0.3, -0.25) is 9.59 Å². The molecule has 1 aliphatic heterocycles. The molecule has 178 valence electrons. The predicted molar refractivity (Wildman–Crippen MR) is 135 cm³/mol. The van der Waals surface area contributed by atoms with Crippen LogP contribution >= 0.6 is 11.3 Å². The summed E-state index contributed by atoms with van der Waals surface area (Å²) in [5.74, 6) is 0.540. The Kier molecular flexibility index (Phi) is 5.21. The number of benzene rings is 2. The molecule has 1 saturated carbocycles. The number of amides is 2. The fourth-order valence-corrected chi connectivity index (χ4v) is 6.16. The van der Waals surface area contributed by atoms with Gasteiger partial charge in [0.25, 0.3) is 5.91 Å². The van der Waals surface area contributed by atoms with Crippen molar-refractivity contribution in [1.29, 1.82) is 0 Å². The molecule has 1 aliphatic carbocycles.